The van der Waals surface area contributed by atoms with Gasteiger partial charge in [-0.2, -0.15) is 0 Å². The van der Waals surface area contributed by atoms with Crippen molar-refractivity contribution in [2.24, 2.45) is 5.92 Å². The molecule has 1 amide bonds. The molecule has 7 heteroatoms. The van der Waals surface area contributed by atoms with Gasteiger partial charge in [0.25, 0.3) is 0 Å². The molecule has 1 aliphatic heterocycles. The van der Waals surface area contributed by atoms with Crippen molar-refractivity contribution in [3.05, 3.63) is 24.4 Å². The van der Waals surface area contributed by atoms with Crippen molar-refractivity contribution >= 4 is 17.7 Å². The quantitative estimate of drug-likeness (QED) is 0.632. The highest BCUT2D eigenvalue weighted by molar-refractivity contribution is 5.78. The smallest absolute Gasteiger partial charge is 0.317 e. The van der Waals surface area contributed by atoms with Gasteiger partial charge in [0.15, 0.2) is 0 Å². The van der Waals surface area contributed by atoms with Gasteiger partial charge in [0, 0.05) is 25.2 Å². The molecule has 2 heterocycles. The van der Waals surface area contributed by atoms with Crippen LogP contribution < -0.4 is 10.6 Å². The molecule has 1 aromatic rings. The molecule has 1 aromatic heterocycles. The number of likely N-dealkylation sites (tertiary alicyclic amines) is 1. The Balaban J connectivity index is 1.61. The summed E-state index contributed by atoms with van der Waals surface area (Å²) in [7, 11) is 0. The number of hydrogen-bond acceptors (Lipinski definition) is 5. The lowest BCUT2D eigenvalue weighted by molar-refractivity contribution is -0.138. The minimum Gasteiger partial charge on any atom is -0.480 e. The SMILES string of the molecule is O=C(O)CN1CCC(C(=O)NCCNc2ccccn2)CC1. The van der Waals surface area contributed by atoms with Gasteiger partial charge in [-0.05, 0) is 38.1 Å². The predicted molar refractivity (Wildman–Crippen MR) is 82.5 cm³/mol. The summed E-state index contributed by atoms with van der Waals surface area (Å²) in [4.78, 5) is 28.7. The summed E-state index contributed by atoms with van der Waals surface area (Å²) in [6.07, 6.45) is 3.14. The molecule has 0 unspecified atom stereocenters. The maximum atomic E-state index is 12.0. The van der Waals surface area contributed by atoms with E-state index in [-0.39, 0.29) is 18.4 Å². The third-order valence-corrected chi connectivity index (χ3v) is 3.71. The van der Waals surface area contributed by atoms with Crippen molar-refractivity contribution < 1.29 is 14.7 Å². The van der Waals surface area contributed by atoms with Crippen LogP contribution in [-0.4, -0.2) is 59.6 Å². The number of nitrogens with zero attached hydrogens (tertiary/aromatic N) is 2. The molecule has 7 nitrogen and oxygen atoms in total. The Morgan fingerprint density at radius 2 is 2.05 bits per heavy atom. The summed E-state index contributed by atoms with van der Waals surface area (Å²) < 4.78 is 0. The normalized spacial score (nSPS) is 16.2. The zero-order valence-corrected chi connectivity index (χ0v) is 12.5. The fraction of sp³-hybridized carbons (Fsp3) is 0.533. The molecule has 0 aromatic carbocycles. The van der Waals surface area contributed by atoms with E-state index in [0.29, 0.717) is 39.0 Å². The number of hydrogen-bond donors (Lipinski definition) is 3. The molecule has 0 saturated carbocycles. The first kappa shape index (κ1) is 16.2. The number of nitrogens with one attached hydrogen (secondary N) is 2. The van der Waals surface area contributed by atoms with E-state index in [1.54, 1.807) is 6.20 Å². The fourth-order valence-corrected chi connectivity index (χ4v) is 2.53. The van der Waals surface area contributed by atoms with Crippen molar-refractivity contribution in [1.29, 1.82) is 0 Å². The summed E-state index contributed by atoms with van der Waals surface area (Å²) in [5, 5.41) is 14.8. The van der Waals surface area contributed by atoms with Crippen LogP contribution in [0.3, 0.4) is 0 Å². The molecule has 1 aliphatic rings. The Morgan fingerprint density at radius 3 is 2.68 bits per heavy atom. The number of anilines is 1. The average molecular weight is 306 g/mol. The summed E-state index contributed by atoms with van der Waals surface area (Å²) in [5.74, 6) is 0.0138. The van der Waals surface area contributed by atoms with Crippen LogP contribution in [0.1, 0.15) is 12.8 Å². The molecule has 3 N–H and O–H groups in total. The van der Waals surface area contributed by atoms with Gasteiger partial charge in [0.05, 0.1) is 6.54 Å². The monoisotopic (exact) mass is 306 g/mol. The summed E-state index contributed by atoms with van der Waals surface area (Å²) in [6.45, 7) is 2.56. The van der Waals surface area contributed by atoms with Crippen LogP contribution in [0, 0.1) is 5.92 Å². The van der Waals surface area contributed by atoms with E-state index in [1.165, 1.54) is 0 Å². The van der Waals surface area contributed by atoms with Crippen LogP contribution in [0.15, 0.2) is 24.4 Å². The maximum Gasteiger partial charge on any atom is 0.317 e. The van der Waals surface area contributed by atoms with E-state index in [1.807, 2.05) is 23.1 Å². The zero-order valence-electron chi connectivity index (χ0n) is 12.5. The van der Waals surface area contributed by atoms with Gasteiger partial charge in [-0.15, -0.1) is 0 Å². The highest BCUT2D eigenvalue weighted by Crippen LogP contribution is 2.16. The molecule has 0 radical (unpaired) electrons. The molecule has 0 aliphatic carbocycles. The Morgan fingerprint density at radius 1 is 1.27 bits per heavy atom. The zero-order chi connectivity index (χ0) is 15.8. The first-order chi connectivity index (χ1) is 10.6. The molecular weight excluding hydrogens is 284 g/mol. The molecular formula is C15H22N4O3. The van der Waals surface area contributed by atoms with Crippen molar-refractivity contribution in [3.8, 4) is 0 Å². The molecule has 1 saturated heterocycles. The van der Waals surface area contributed by atoms with E-state index in [9.17, 15) is 9.59 Å². The lowest BCUT2D eigenvalue weighted by Gasteiger charge is -2.29. The van der Waals surface area contributed by atoms with Gasteiger partial charge in [0.1, 0.15) is 5.82 Å². The van der Waals surface area contributed by atoms with Gasteiger partial charge in [-0.1, -0.05) is 6.07 Å². The highest BCUT2D eigenvalue weighted by Gasteiger charge is 2.25. The minimum absolute atomic E-state index is 0.0140. The highest BCUT2D eigenvalue weighted by atomic mass is 16.4. The second-order valence-corrected chi connectivity index (χ2v) is 5.38. The fourth-order valence-electron chi connectivity index (χ4n) is 2.53. The van der Waals surface area contributed by atoms with Crippen LogP contribution in [-0.2, 0) is 9.59 Å². The Bertz CT molecular complexity index is 487. The molecule has 1 fully saturated rings. The predicted octanol–water partition coefficient (Wildman–Crippen LogP) is 0.406. The largest absolute Gasteiger partial charge is 0.480 e. The average Bonchev–Trinajstić information content (AvgIpc) is 2.52. The minimum atomic E-state index is -0.816. The Labute approximate surface area is 129 Å². The van der Waals surface area contributed by atoms with Crippen LogP contribution in [0.5, 0.6) is 0 Å². The first-order valence-electron chi connectivity index (χ1n) is 7.52. The molecule has 120 valence electrons. The van der Waals surface area contributed by atoms with Crippen LogP contribution in [0.2, 0.25) is 0 Å². The number of rotatable bonds is 7. The van der Waals surface area contributed by atoms with E-state index >= 15 is 0 Å². The van der Waals surface area contributed by atoms with Crippen molar-refractivity contribution in [2.45, 2.75) is 12.8 Å². The molecule has 0 atom stereocenters. The molecule has 0 spiro atoms. The first-order valence-corrected chi connectivity index (χ1v) is 7.52. The van der Waals surface area contributed by atoms with Gasteiger partial charge in [-0.3, -0.25) is 14.5 Å². The molecule has 22 heavy (non-hydrogen) atoms. The van der Waals surface area contributed by atoms with Crippen molar-refractivity contribution in [3.63, 3.8) is 0 Å². The second kappa shape index (κ2) is 8.33. The Hall–Kier alpha value is -2.15. The van der Waals surface area contributed by atoms with Gasteiger partial charge in [0.2, 0.25) is 5.91 Å². The number of pyridine rings is 1. The topological polar surface area (TPSA) is 94.6 Å². The van der Waals surface area contributed by atoms with Crippen LogP contribution >= 0.6 is 0 Å². The summed E-state index contributed by atoms with van der Waals surface area (Å²) >= 11 is 0. The maximum absolute atomic E-state index is 12.0. The number of aromatic nitrogens is 1. The number of aliphatic carboxylic acids is 1. The van der Waals surface area contributed by atoms with E-state index in [2.05, 4.69) is 15.6 Å². The standard InChI is InChI=1S/C15H22N4O3/c20-14(21)11-19-9-4-12(5-10-19)15(22)18-8-7-17-13-3-1-2-6-16-13/h1-3,6,12H,4-5,7-11H2,(H,16,17)(H,18,22)(H,20,21). The van der Waals surface area contributed by atoms with E-state index in [4.69, 9.17) is 5.11 Å². The summed E-state index contributed by atoms with van der Waals surface area (Å²) in [5.41, 5.74) is 0. The third-order valence-electron chi connectivity index (χ3n) is 3.71. The molecule has 0 bridgehead atoms. The van der Waals surface area contributed by atoms with Crippen molar-refractivity contribution in [1.82, 2.24) is 15.2 Å². The Kier molecular flexibility index (Phi) is 6.14. The number of piperidine rings is 1. The van der Waals surface area contributed by atoms with Gasteiger partial charge < -0.3 is 15.7 Å². The van der Waals surface area contributed by atoms with Crippen molar-refractivity contribution in [2.75, 3.05) is 38.0 Å². The van der Waals surface area contributed by atoms with E-state index < -0.39 is 5.97 Å². The lowest BCUT2D eigenvalue weighted by Crippen LogP contribution is -2.43. The number of carboxylic acid groups (broad SMARTS) is 1. The lowest BCUT2D eigenvalue weighted by atomic mass is 9.96. The van der Waals surface area contributed by atoms with Gasteiger partial charge in [-0.25, -0.2) is 4.98 Å². The van der Waals surface area contributed by atoms with Crippen LogP contribution in [0.25, 0.3) is 0 Å². The molecule has 2 rings (SSSR count). The number of amides is 1. The van der Waals surface area contributed by atoms with Crippen LogP contribution in [0.4, 0.5) is 5.82 Å². The number of carbonyl (C=O) groups is 2. The van der Waals surface area contributed by atoms with Gasteiger partial charge >= 0.3 is 5.97 Å². The third kappa shape index (κ3) is 5.33. The number of carboxylic acids is 1. The second-order valence-electron chi connectivity index (χ2n) is 5.38. The number of carbonyl (C=O) groups excluding carboxylic acids is 1. The summed E-state index contributed by atoms with van der Waals surface area (Å²) in [6, 6.07) is 5.63. The van der Waals surface area contributed by atoms with E-state index in [0.717, 1.165) is 5.82 Å².